The molecule has 0 spiro atoms. The summed E-state index contributed by atoms with van der Waals surface area (Å²) in [6.45, 7) is 4.03. The van der Waals surface area contributed by atoms with Gasteiger partial charge in [0.05, 0.1) is 18.4 Å². The normalized spacial score (nSPS) is 29.4. The first kappa shape index (κ1) is 33.3. The summed E-state index contributed by atoms with van der Waals surface area (Å²) in [5, 5.41) is 6.76. The molecule has 5 aliphatic rings. The van der Waals surface area contributed by atoms with Crippen LogP contribution in [-0.4, -0.2) is 84.2 Å². The summed E-state index contributed by atoms with van der Waals surface area (Å²) in [5.74, 6) is -2.08. The van der Waals surface area contributed by atoms with Crippen LogP contribution in [0.1, 0.15) is 69.8 Å². The molecule has 4 fully saturated rings. The standard InChI is InChI=1S/C35H43N5O8S/c1-2-24-19-35(24,33(43)39-49(45,46)26-12-13-26)38-30(41)28-18-25-20-40(28)32(42)29(23-8-6-9-23)37-34(44)47-16-5-3-4-7-21-10-11-22-14-15-36-31(48-25)27(22)17-21/h2,10-11,14-15,17,23-26,28-29H,1,3-9,12-13,16,18-20H2,(H,37,44)(H,38,41)(H,39,43)/t24-,25+,28+,29-,35-/m1/s1. The van der Waals surface area contributed by atoms with Gasteiger partial charge < -0.3 is 25.0 Å². The van der Waals surface area contributed by atoms with Crippen molar-refractivity contribution in [3.05, 3.63) is 48.7 Å². The molecule has 0 unspecified atom stereocenters. The first-order chi connectivity index (χ1) is 23.6. The Bertz CT molecular complexity index is 1780. The van der Waals surface area contributed by atoms with Gasteiger partial charge in [-0.25, -0.2) is 18.2 Å². The highest BCUT2D eigenvalue weighted by atomic mass is 32.2. The van der Waals surface area contributed by atoms with Gasteiger partial charge in [-0.1, -0.05) is 24.6 Å². The van der Waals surface area contributed by atoms with Crippen LogP contribution >= 0.6 is 0 Å². The minimum atomic E-state index is -3.87. The maximum Gasteiger partial charge on any atom is 0.407 e. The van der Waals surface area contributed by atoms with Crippen molar-refractivity contribution in [3.63, 3.8) is 0 Å². The topological polar surface area (TPSA) is 173 Å². The molecule has 4 bridgehead atoms. The lowest BCUT2D eigenvalue weighted by atomic mass is 9.79. The zero-order valence-electron chi connectivity index (χ0n) is 27.4. The average molecular weight is 694 g/mol. The summed E-state index contributed by atoms with van der Waals surface area (Å²) in [7, 11) is -3.87. The van der Waals surface area contributed by atoms with Gasteiger partial charge in [-0.15, -0.1) is 6.58 Å². The fraction of sp³-hybridized carbons (Fsp3) is 0.571. The van der Waals surface area contributed by atoms with E-state index in [2.05, 4.69) is 39.1 Å². The van der Waals surface area contributed by atoms with Crippen molar-refractivity contribution in [2.75, 3.05) is 13.2 Å². The molecule has 3 N–H and O–H groups in total. The summed E-state index contributed by atoms with van der Waals surface area (Å²) >= 11 is 0. The van der Waals surface area contributed by atoms with E-state index >= 15 is 0 Å². The third-order valence-corrected chi connectivity index (χ3v) is 12.5. The fourth-order valence-corrected chi connectivity index (χ4v) is 8.63. The van der Waals surface area contributed by atoms with Gasteiger partial charge in [0.25, 0.3) is 5.91 Å². The Kier molecular flexibility index (Phi) is 9.01. The zero-order chi connectivity index (χ0) is 34.3. The van der Waals surface area contributed by atoms with Crippen LogP contribution in [0.2, 0.25) is 0 Å². The minimum Gasteiger partial charge on any atom is -0.472 e. The number of nitrogens with one attached hydrogen (secondary N) is 3. The number of fused-ring (bicyclic) bond motifs is 3. The Morgan fingerprint density at radius 1 is 1.08 bits per heavy atom. The molecular weight excluding hydrogens is 650 g/mol. The van der Waals surface area contributed by atoms with E-state index in [1.807, 2.05) is 12.1 Å². The second kappa shape index (κ2) is 13.3. The Morgan fingerprint density at radius 3 is 2.61 bits per heavy atom. The number of amides is 4. The van der Waals surface area contributed by atoms with Crippen LogP contribution in [0, 0.1) is 11.8 Å². The highest BCUT2D eigenvalue weighted by Crippen LogP contribution is 2.45. The number of carbonyl (C=O) groups is 4. The molecule has 2 aliphatic heterocycles. The molecule has 3 saturated carbocycles. The number of cyclic esters (lactones) is 1. The Hall–Kier alpha value is -4.20. The van der Waals surface area contributed by atoms with Crippen LogP contribution in [0.3, 0.4) is 0 Å². The monoisotopic (exact) mass is 693 g/mol. The lowest BCUT2D eigenvalue weighted by Gasteiger charge is -2.36. The molecule has 49 heavy (non-hydrogen) atoms. The molecule has 1 aromatic carbocycles. The number of aryl methyl sites for hydroxylation is 1. The molecule has 0 radical (unpaired) electrons. The van der Waals surface area contributed by atoms with Crippen LogP contribution in [0.5, 0.6) is 5.88 Å². The van der Waals surface area contributed by atoms with Crippen molar-refractivity contribution < 1.29 is 37.1 Å². The number of aromatic nitrogens is 1. The van der Waals surface area contributed by atoms with E-state index in [9.17, 15) is 27.6 Å². The maximum absolute atomic E-state index is 14.4. The molecule has 2 aromatic rings. The molecule has 13 nitrogen and oxygen atoms in total. The molecule has 5 atom stereocenters. The minimum absolute atomic E-state index is 0.0365. The van der Waals surface area contributed by atoms with Crippen LogP contribution in [0.25, 0.3) is 10.8 Å². The number of hydrogen-bond acceptors (Lipinski definition) is 9. The van der Waals surface area contributed by atoms with Crippen molar-refractivity contribution in [2.45, 2.75) is 99.6 Å². The maximum atomic E-state index is 14.4. The van der Waals surface area contributed by atoms with Crippen LogP contribution in [-0.2, 0) is 35.6 Å². The largest absolute Gasteiger partial charge is 0.472 e. The van der Waals surface area contributed by atoms with Crippen molar-refractivity contribution in [1.82, 2.24) is 25.2 Å². The lowest BCUT2D eigenvalue weighted by molar-refractivity contribution is -0.142. The predicted molar refractivity (Wildman–Crippen MR) is 179 cm³/mol. The predicted octanol–water partition coefficient (Wildman–Crippen LogP) is 2.87. The number of pyridine rings is 1. The second-order valence-corrected chi connectivity index (χ2v) is 16.1. The van der Waals surface area contributed by atoms with Gasteiger partial charge in [0.2, 0.25) is 27.7 Å². The van der Waals surface area contributed by atoms with Gasteiger partial charge >= 0.3 is 6.09 Å². The summed E-state index contributed by atoms with van der Waals surface area (Å²) in [5.41, 5.74) is -0.397. The average Bonchev–Trinajstić information content (AvgIpc) is 3.98. The molecule has 262 valence electrons. The number of alkyl carbamates (subject to hydrolysis) is 1. The van der Waals surface area contributed by atoms with E-state index in [4.69, 9.17) is 9.47 Å². The number of carbonyl (C=O) groups excluding carboxylic acids is 4. The van der Waals surface area contributed by atoms with Crippen molar-refractivity contribution in [1.29, 1.82) is 0 Å². The first-order valence-corrected chi connectivity index (χ1v) is 18.9. The Balaban J connectivity index is 1.19. The van der Waals surface area contributed by atoms with Gasteiger partial charge in [0.15, 0.2) is 0 Å². The SMILES string of the molecule is C=C[C@@H]1C[C@]1(NC(=O)[C@@H]1C[C@H]2CN1C(=O)[C@@H](C1CCC1)NC(=O)OCCCCCc1ccc3ccnc(c3c1)O2)C(=O)NS(=O)(=O)C1CC1. The van der Waals surface area contributed by atoms with Gasteiger partial charge in [0.1, 0.15) is 23.7 Å². The molecule has 1 saturated heterocycles. The summed E-state index contributed by atoms with van der Waals surface area (Å²) in [6.07, 6.45) is 8.76. The van der Waals surface area contributed by atoms with Gasteiger partial charge in [-0.05, 0) is 86.8 Å². The second-order valence-electron chi connectivity index (χ2n) is 14.1. The van der Waals surface area contributed by atoms with Crippen LogP contribution in [0.15, 0.2) is 43.1 Å². The number of sulfonamides is 1. The smallest absolute Gasteiger partial charge is 0.407 e. The van der Waals surface area contributed by atoms with E-state index < -0.39 is 68.7 Å². The zero-order valence-corrected chi connectivity index (χ0v) is 28.2. The van der Waals surface area contributed by atoms with Crippen molar-refractivity contribution in [3.8, 4) is 5.88 Å². The van der Waals surface area contributed by atoms with Crippen LogP contribution in [0.4, 0.5) is 4.79 Å². The molecule has 3 aliphatic carbocycles. The number of rotatable bonds is 7. The number of benzene rings is 1. The summed E-state index contributed by atoms with van der Waals surface area (Å²) in [6, 6.07) is 6.08. The van der Waals surface area contributed by atoms with Gasteiger partial charge in [-0.2, -0.15) is 0 Å². The highest BCUT2D eigenvalue weighted by molar-refractivity contribution is 7.91. The fourth-order valence-electron chi connectivity index (χ4n) is 7.26. The third kappa shape index (κ3) is 6.84. The van der Waals surface area contributed by atoms with Gasteiger partial charge in [-0.3, -0.25) is 19.1 Å². The quantitative estimate of drug-likeness (QED) is 0.369. The highest BCUT2D eigenvalue weighted by Gasteiger charge is 2.62. The lowest BCUT2D eigenvalue weighted by Crippen LogP contribution is -2.59. The van der Waals surface area contributed by atoms with Crippen molar-refractivity contribution >= 4 is 44.6 Å². The molecule has 4 amide bonds. The Labute approximate surface area is 285 Å². The first-order valence-electron chi connectivity index (χ1n) is 17.4. The molecule has 7 rings (SSSR count). The van der Waals surface area contributed by atoms with E-state index in [1.165, 1.54) is 11.0 Å². The van der Waals surface area contributed by atoms with E-state index in [-0.39, 0.29) is 31.9 Å². The van der Waals surface area contributed by atoms with Crippen molar-refractivity contribution in [2.24, 2.45) is 11.8 Å². The number of ether oxygens (including phenoxy) is 2. The van der Waals surface area contributed by atoms with E-state index in [0.29, 0.717) is 25.1 Å². The Morgan fingerprint density at radius 2 is 1.90 bits per heavy atom. The molecule has 14 heteroatoms. The number of nitrogens with zero attached hydrogens (tertiary/aromatic N) is 2. The molecular formula is C35H43N5O8S. The summed E-state index contributed by atoms with van der Waals surface area (Å²) in [4.78, 5) is 60.8. The van der Waals surface area contributed by atoms with Gasteiger partial charge in [0, 0.05) is 23.9 Å². The third-order valence-electron chi connectivity index (χ3n) is 10.7. The summed E-state index contributed by atoms with van der Waals surface area (Å²) < 4.78 is 39.4. The van der Waals surface area contributed by atoms with E-state index in [0.717, 1.165) is 54.9 Å². The molecule has 3 heterocycles. The molecule has 1 aromatic heterocycles. The number of hydrogen-bond donors (Lipinski definition) is 3. The van der Waals surface area contributed by atoms with Crippen LogP contribution < -0.4 is 20.1 Å². The van der Waals surface area contributed by atoms with E-state index in [1.54, 1.807) is 6.20 Å².